The number of ether oxygens (including phenoxy) is 5. The second-order valence-electron chi connectivity index (χ2n) is 11.9. The number of hydrogen-bond acceptors (Lipinski definition) is 6. The second-order valence-corrected chi connectivity index (χ2v) is 11.9. The van der Waals surface area contributed by atoms with E-state index in [1.165, 1.54) is 58.5 Å². The number of unbranched alkanes of at least 4 members (excludes halogenated alkanes) is 1. The molecule has 2 heterocycles. The number of hydrogen-bond donors (Lipinski definition) is 0. The lowest BCUT2D eigenvalue weighted by atomic mass is 9.91. The summed E-state index contributed by atoms with van der Waals surface area (Å²) in [6.45, 7) is 5.94. The maximum Gasteiger partial charge on any atom is 0.366 e. The molecular weight excluding hydrogens is 492 g/mol. The highest BCUT2D eigenvalue weighted by Crippen LogP contribution is 2.36. The minimum Gasteiger partial charge on any atom is -0.465 e. The van der Waals surface area contributed by atoms with E-state index < -0.39 is 24.3 Å². The van der Waals surface area contributed by atoms with Crippen LogP contribution in [0.25, 0.3) is 0 Å². The Morgan fingerprint density at radius 1 is 0.897 bits per heavy atom. The maximum absolute atomic E-state index is 13.1. The van der Waals surface area contributed by atoms with E-state index in [0.717, 1.165) is 50.9 Å². The molecule has 0 N–H and O–H groups in total. The first kappa shape index (κ1) is 32.3. The van der Waals surface area contributed by atoms with E-state index in [9.17, 15) is 4.79 Å². The summed E-state index contributed by atoms with van der Waals surface area (Å²) in [7, 11) is 1.39. The molecule has 6 nitrogen and oxygen atoms in total. The van der Waals surface area contributed by atoms with E-state index in [-0.39, 0.29) is 0 Å². The molecular formula is C33H56O6. The average molecular weight is 549 g/mol. The normalized spacial score (nSPS) is 28.6. The van der Waals surface area contributed by atoms with Crippen LogP contribution in [0, 0.1) is 17.8 Å². The Morgan fingerprint density at radius 3 is 2.23 bits per heavy atom. The van der Waals surface area contributed by atoms with Gasteiger partial charge in [-0.15, -0.1) is 0 Å². The van der Waals surface area contributed by atoms with E-state index in [4.69, 9.17) is 23.7 Å². The minimum absolute atomic E-state index is 0.375. The molecule has 2 saturated heterocycles. The summed E-state index contributed by atoms with van der Waals surface area (Å²) in [5.41, 5.74) is 0. The van der Waals surface area contributed by atoms with Crippen molar-refractivity contribution in [2.75, 3.05) is 20.3 Å². The highest BCUT2D eigenvalue weighted by molar-refractivity contribution is 5.77. The van der Waals surface area contributed by atoms with Crippen molar-refractivity contribution in [1.29, 1.82) is 0 Å². The quantitative estimate of drug-likeness (QED) is 0.104. The van der Waals surface area contributed by atoms with Crippen molar-refractivity contribution in [2.24, 2.45) is 17.8 Å². The molecule has 3 aliphatic rings. The van der Waals surface area contributed by atoms with Crippen molar-refractivity contribution < 1.29 is 28.5 Å². The van der Waals surface area contributed by atoms with Crippen LogP contribution in [0.15, 0.2) is 24.3 Å². The van der Waals surface area contributed by atoms with Gasteiger partial charge in [0.15, 0.2) is 12.6 Å². The summed E-state index contributed by atoms with van der Waals surface area (Å²) in [5, 5.41) is 0. The van der Waals surface area contributed by atoms with Crippen molar-refractivity contribution in [3.05, 3.63) is 24.3 Å². The highest BCUT2D eigenvalue weighted by Gasteiger charge is 2.47. The molecule has 224 valence electrons. The van der Waals surface area contributed by atoms with E-state index in [0.29, 0.717) is 37.9 Å². The van der Waals surface area contributed by atoms with Crippen molar-refractivity contribution >= 4 is 5.97 Å². The van der Waals surface area contributed by atoms with E-state index in [2.05, 4.69) is 38.2 Å². The fourth-order valence-corrected chi connectivity index (χ4v) is 6.15. The Kier molecular flexibility index (Phi) is 15.1. The van der Waals surface area contributed by atoms with Gasteiger partial charge >= 0.3 is 5.97 Å². The van der Waals surface area contributed by atoms with Gasteiger partial charge in [-0.05, 0) is 94.8 Å². The molecule has 0 aromatic carbocycles. The molecule has 1 aliphatic carbocycles. The van der Waals surface area contributed by atoms with Crippen LogP contribution >= 0.6 is 0 Å². The predicted molar refractivity (Wildman–Crippen MR) is 155 cm³/mol. The van der Waals surface area contributed by atoms with Gasteiger partial charge in [-0.3, -0.25) is 0 Å². The van der Waals surface area contributed by atoms with Crippen LogP contribution in [0.5, 0.6) is 0 Å². The van der Waals surface area contributed by atoms with Crippen LogP contribution in [0.2, 0.25) is 0 Å². The monoisotopic (exact) mass is 548 g/mol. The van der Waals surface area contributed by atoms with E-state index >= 15 is 0 Å². The van der Waals surface area contributed by atoms with Gasteiger partial charge in [0.1, 0.15) is 0 Å². The van der Waals surface area contributed by atoms with Crippen molar-refractivity contribution in [3.63, 3.8) is 0 Å². The lowest BCUT2D eigenvalue weighted by Crippen LogP contribution is -2.51. The fourth-order valence-electron chi connectivity index (χ4n) is 6.15. The zero-order chi connectivity index (χ0) is 27.8. The number of methoxy groups -OCH3 is 1. The molecule has 0 amide bonds. The standard InChI is InChI=1S/C33H56O6/c1-4-5-16-27(2)17-8-9-19-29-21-15-20-28(29)18-7-6-12-24-33(32(34)35-3,38-30-22-10-13-25-36-30)39-31-23-11-14-26-37-31/h6-7,9,19,27-31H,4-5,8,10-18,20-26H2,1-3H3/t27?,28-,29-,30?,31?,33?/m0/s1. The zero-order valence-corrected chi connectivity index (χ0v) is 25.1. The van der Waals surface area contributed by atoms with Crippen LogP contribution in [-0.2, 0) is 28.5 Å². The van der Waals surface area contributed by atoms with Crippen LogP contribution in [0.4, 0.5) is 0 Å². The van der Waals surface area contributed by atoms with Gasteiger partial charge in [-0.2, -0.15) is 0 Å². The average Bonchev–Trinajstić information content (AvgIpc) is 3.41. The predicted octanol–water partition coefficient (Wildman–Crippen LogP) is 8.25. The Morgan fingerprint density at radius 2 is 1.62 bits per heavy atom. The number of carbonyl (C=O) groups excluding carboxylic acids is 1. The molecule has 39 heavy (non-hydrogen) atoms. The SMILES string of the molecule is CCCCC(C)CCC=C[C@H]1CCC[C@@H]1CC=CCCC(OC1CCCCO1)(OC1CCCCO1)C(=O)OC. The molecule has 5 atom stereocenters. The van der Waals surface area contributed by atoms with Gasteiger partial charge < -0.3 is 23.7 Å². The van der Waals surface area contributed by atoms with Gasteiger partial charge in [-0.1, -0.05) is 63.8 Å². The molecule has 1 saturated carbocycles. The Balaban J connectivity index is 1.52. The topological polar surface area (TPSA) is 63.2 Å². The van der Waals surface area contributed by atoms with Gasteiger partial charge in [0.05, 0.1) is 7.11 Å². The molecule has 3 fully saturated rings. The highest BCUT2D eigenvalue weighted by atomic mass is 16.8. The van der Waals surface area contributed by atoms with E-state index in [1.54, 1.807) is 0 Å². The summed E-state index contributed by atoms with van der Waals surface area (Å²) < 4.78 is 29.4. The molecule has 0 radical (unpaired) electrons. The van der Waals surface area contributed by atoms with Gasteiger partial charge in [0.25, 0.3) is 5.79 Å². The van der Waals surface area contributed by atoms with Gasteiger partial charge in [0.2, 0.25) is 0 Å². The van der Waals surface area contributed by atoms with Crippen LogP contribution in [-0.4, -0.2) is 44.7 Å². The third-order valence-corrected chi connectivity index (χ3v) is 8.64. The molecule has 3 unspecified atom stereocenters. The summed E-state index contributed by atoms with van der Waals surface area (Å²) >= 11 is 0. The first-order valence-corrected chi connectivity index (χ1v) is 16.0. The maximum atomic E-state index is 13.1. The zero-order valence-electron chi connectivity index (χ0n) is 25.1. The molecule has 0 aromatic heterocycles. The smallest absolute Gasteiger partial charge is 0.366 e. The van der Waals surface area contributed by atoms with Crippen LogP contribution in [0.3, 0.4) is 0 Å². The Labute approximate surface area is 238 Å². The Hall–Kier alpha value is -1.21. The third-order valence-electron chi connectivity index (χ3n) is 8.64. The van der Waals surface area contributed by atoms with Crippen LogP contribution < -0.4 is 0 Å². The Bertz CT molecular complexity index is 702. The summed E-state index contributed by atoms with van der Waals surface area (Å²) in [6.07, 6.45) is 26.6. The fraction of sp³-hybridized carbons (Fsp3) is 0.848. The molecule has 0 aromatic rings. The first-order valence-electron chi connectivity index (χ1n) is 16.0. The lowest BCUT2D eigenvalue weighted by molar-refractivity contribution is -0.352. The molecule has 6 heteroatoms. The number of allylic oxidation sites excluding steroid dienone is 4. The third kappa shape index (κ3) is 11.3. The molecule has 0 spiro atoms. The van der Waals surface area contributed by atoms with Gasteiger partial charge in [0, 0.05) is 19.6 Å². The van der Waals surface area contributed by atoms with Crippen molar-refractivity contribution in [2.45, 2.75) is 141 Å². The minimum atomic E-state index is -1.52. The van der Waals surface area contributed by atoms with E-state index in [1.807, 2.05) is 0 Å². The molecule has 0 bridgehead atoms. The number of carbonyl (C=O) groups is 1. The first-order chi connectivity index (χ1) is 19.1. The summed E-state index contributed by atoms with van der Waals surface area (Å²) in [5.74, 6) is 0.198. The van der Waals surface area contributed by atoms with Crippen molar-refractivity contribution in [3.8, 4) is 0 Å². The van der Waals surface area contributed by atoms with Crippen LogP contribution in [0.1, 0.15) is 123 Å². The van der Waals surface area contributed by atoms with Gasteiger partial charge in [-0.25, -0.2) is 4.79 Å². The summed E-state index contributed by atoms with van der Waals surface area (Å²) in [6, 6.07) is 0. The lowest BCUT2D eigenvalue weighted by Gasteiger charge is -2.38. The summed E-state index contributed by atoms with van der Waals surface area (Å²) in [4.78, 5) is 13.1. The molecule has 2 aliphatic heterocycles. The van der Waals surface area contributed by atoms with Crippen molar-refractivity contribution in [1.82, 2.24) is 0 Å². The number of rotatable bonds is 17. The second kappa shape index (κ2) is 18.3. The number of esters is 1. The molecule has 3 rings (SSSR count). The largest absolute Gasteiger partial charge is 0.465 e.